The molecular formula is C52H50N4O. The topological polar surface area (TPSA) is 44.3 Å². The summed E-state index contributed by atoms with van der Waals surface area (Å²) in [6.07, 6.45) is 2.89. The second-order valence-electron chi connectivity index (χ2n) is 19.3. The number of hydrogen-bond acceptors (Lipinski definition) is 3. The van der Waals surface area contributed by atoms with Crippen molar-refractivity contribution in [3.05, 3.63) is 143 Å². The van der Waals surface area contributed by atoms with Crippen molar-refractivity contribution in [1.29, 1.82) is 0 Å². The number of rotatable bonds is 3. The Kier molecular flexibility index (Phi) is 5.97. The van der Waals surface area contributed by atoms with E-state index in [4.69, 9.17) is 18.9 Å². The molecule has 5 nitrogen and oxygen atoms in total. The molecule has 0 bridgehead atoms. The molecule has 2 aliphatic heterocycles. The third-order valence-electron chi connectivity index (χ3n) is 15.2. The van der Waals surface area contributed by atoms with Crippen molar-refractivity contribution in [3.63, 3.8) is 0 Å². The first-order valence-electron chi connectivity index (χ1n) is 21.8. The molecule has 0 saturated heterocycles. The summed E-state index contributed by atoms with van der Waals surface area (Å²) in [4.78, 5) is 5.63. The molecule has 3 aromatic heterocycles. The van der Waals surface area contributed by atoms with E-state index in [0.29, 0.717) is 17.1 Å². The molecule has 1 aliphatic carbocycles. The molecule has 1 unspecified atom stereocenters. The molecular weight excluding hydrogens is 697 g/mol. The first-order chi connectivity index (χ1) is 28.3. The molecule has 11 rings (SSSR count). The molecule has 5 heterocycles. The normalized spacial score (nSPS) is 21.3. The lowest BCUT2D eigenvalue weighted by Crippen LogP contribution is -2.49. The molecule has 5 aromatic carbocycles. The summed E-state index contributed by atoms with van der Waals surface area (Å²) in [5.41, 5.74) is 12.2. The number of hydrogen-bond donors (Lipinski definition) is 0. The van der Waals surface area contributed by atoms with E-state index in [2.05, 4.69) is 150 Å². The van der Waals surface area contributed by atoms with Crippen LogP contribution < -0.4 is 4.74 Å². The molecule has 57 heavy (non-hydrogen) atoms. The van der Waals surface area contributed by atoms with Crippen molar-refractivity contribution in [3.8, 4) is 39.6 Å². The fourth-order valence-electron chi connectivity index (χ4n) is 11.3. The quantitative estimate of drug-likeness (QED) is 0.169. The Bertz CT molecular complexity index is 3160. The summed E-state index contributed by atoms with van der Waals surface area (Å²) < 4.78 is 37.7. The standard InChI is InChI=1S/C52H50N4O/c1-30-20-24-40-44-42(30)34-23-21-32(26-36(34)47-54-43-35-18-14-15-19-38(35)48(2,3)29-52(10,50(40,6)7)46(43)55(44)47)57-33-22-25-39-41(27-33)56-45(51(8,9)49(39,4)5)37(28-53-56)31-16-12-11-13-17-31/h11-28H,29H2,1-10H3/i1D3. The summed E-state index contributed by atoms with van der Waals surface area (Å²) in [5.74, 6) is 1.34. The molecule has 284 valence electrons. The highest BCUT2D eigenvalue weighted by Gasteiger charge is 2.55. The third kappa shape index (κ3) is 4.20. The summed E-state index contributed by atoms with van der Waals surface area (Å²) in [6, 6.07) is 35.6. The molecule has 1 atom stereocenters. The smallest absolute Gasteiger partial charge is 0.146 e. The van der Waals surface area contributed by atoms with Crippen LogP contribution in [0.4, 0.5) is 0 Å². The molecule has 0 spiro atoms. The Labute approximate surface area is 339 Å². The molecule has 0 fully saturated rings. The van der Waals surface area contributed by atoms with Gasteiger partial charge in [-0.15, -0.1) is 0 Å². The predicted octanol–water partition coefficient (Wildman–Crippen LogP) is 13.1. The van der Waals surface area contributed by atoms with Crippen LogP contribution in [0, 0.1) is 6.85 Å². The third-order valence-corrected chi connectivity index (χ3v) is 15.2. The van der Waals surface area contributed by atoms with Gasteiger partial charge in [0.05, 0.1) is 34.5 Å². The maximum atomic E-state index is 8.79. The number of fused-ring (bicyclic) bond motifs is 8. The van der Waals surface area contributed by atoms with Gasteiger partial charge < -0.3 is 4.74 Å². The molecule has 3 aliphatic rings. The largest absolute Gasteiger partial charge is 0.457 e. The number of aryl methyl sites for hydroxylation is 1. The van der Waals surface area contributed by atoms with Gasteiger partial charge in [-0.05, 0) is 76.2 Å². The van der Waals surface area contributed by atoms with Crippen molar-refractivity contribution in [2.45, 2.75) is 103 Å². The van der Waals surface area contributed by atoms with E-state index in [-0.39, 0.29) is 27.1 Å². The van der Waals surface area contributed by atoms with E-state index in [1.807, 2.05) is 30.5 Å². The van der Waals surface area contributed by atoms with Crippen molar-refractivity contribution < 1.29 is 8.85 Å². The van der Waals surface area contributed by atoms with Crippen LogP contribution in [0.25, 0.3) is 55.4 Å². The van der Waals surface area contributed by atoms with Crippen LogP contribution in [-0.2, 0) is 27.1 Å². The second kappa shape index (κ2) is 10.8. The number of nitrogens with zero attached hydrogens (tertiary/aromatic N) is 4. The van der Waals surface area contributed by atoms with Gasteiger partial charge in [0.2, 0.25) is 0 Å². The average molecular weight is 750 g/mol. The lowest BCUT2D eigenvalue weighted by atomic mass is 9.55. The van der Waals surface area contributed by atoms with E-state index < -0.39 is 6.85 Å². The molecule has 5 heteroatoms. The van der Waals surface area contributed by atoms with Crippen LogP contribution in [0.1, 0.15) is 106 Å². The maximum absolute atomic E-state index is 8.79. The number of aromatic nitrogens is 4. The van der Waals surface area contributed by atoms with Gasteiger partial charge in [-0.25, -0.2) is 9.67 Å². The van der Waals surface area contributed by atoms with Crippen molar-refractivity contribution in [2.24, 2.45) is 0 Å². The summed E-state index contributed by atoms with van der Waals surface area (Å²) in [5, 5.41) is 7.48. The van der Waals surface area contributed by atoms with E-state index in [1.54, 1.807) is 0 Å². The van der Waals surface area contributed by atoms with Crippen LogP contribution in [0.2, 0.25) is 0 Å². The summed E-state index contributed by atoms with van der Waals surface area (Å²) >= 11 is 0. The van der Waals surface area contributed by atoms with Crippen LogP contribution in [0.15, 0.2) is 109 Å². The minimum Gasteiger partial charge on any atom is -0.457 e. The maximum Gasteiger partial charge on any atom is 0.146 e. The van der Waals surface area contributed by atoms with E-state index in [0.717, 1.165) is 73.1 Å². The van der Waals surface area contributed by atoms with Crippen molar-refractivity contribution in [2.75, 3.05) is 0 Å². The SMILES string of the molecule is [2H]C([2H])([2H])c1ccc2c3c1c1ccc(Oc4ccc5c(c4)-n4ncc(-c6ccccc6)c4C(C)(C)C5(C)C)cc1c1nc4c(n13)C(C)(CC(C)(C)c1ccccc1-4)C2(C)C. The van der Waals surface area contributed by atoms with Crippen LogP contribution in [0.3, 0.4) is 0 Å². The van der Waals surface area contributed by atoms with Gasteiger partial charge in [0.1, 0.15) is 17.1 Å². The molecule has 0 saturated carbocycles. The zero-order chi connectivity index (χ0) is 42.1. The van der Waals surface area contributed by atoms with Gasteiger partial charge in [-0.3, -0.25) is 4.40 Å². The minimum absolute atomic E-state index is 0.143. The monoisotopic (exact) mass is 749 g/mol. The zero-order valence-corrected chi connectivity index (χ0v) is 34.3. The fourth-order valence-corrected chi connectivity index (χ4v) is 11.3. The van der Waals surface area contributed by atoms with Gasteiger partial charge >= 0.3 is 0 Å². The molecule has 0 radical (unpaired) electrons. The predicted molar refractivity (Wildman–Crippen MR) is 234 cm³/mol. The van der Waals surface area contributed by atoms with Gasteiger partial charge in [0.25, 0.3) is 0 Å². The van der Waals surface area contributed by atoms with Gasteiger partial charge in [-0.2, -0.15) is 5.10 Å². The Balaban J connectivity index is 1.15. The second-order valence-corrected chi connectivity index (χ2v) is 19.3. The lowest BCUT2D eigenvalue weighted by molar-refractivity contribution is 0.204. The fraction of sp³-hybridized carbons (Fsp3) is 0.308. The van der Waals surface area contributed by atoms with Gasteiger partial charge in [-0.1, -0.05) is 135 Å². The lowest BCUT2D eigenvalue weighted by Gasteiger charge is -2.50. The molecule has 8 aromatic rings. The van der Waals surface area contributed by atoms with E-state index >= 15 is 0 Å². The number of benzene rings is 5. The number of ether oxygens (including phenoxy) is 1. The zero-order valence-electron chi connectivity index (χ0n) is 37.3. The summed E-state index contributed by atoms with van der Waals surface area (Å²) in [6.45, 7) is 18.7. The van der Waals surface area contributed by atoms with E-state index in [9.17, 15) is 0 Å². The minimum atomic E-state index is -2.33. The van der Waals surface area contributed by atoms with Crippen LogP contribution >= 0.6 is 0 Å². The van der Waals surface area contributed by atoms with E-state index in [1.165, 1.54) is 16.8 Å². The first-order valence-corrected chi connectivity index (χ1v) is 20.3. The Hall–Kier alpha value is -5.68. The highest BCUT2D eigenvalue weighted by atomic mass is 16.5. The highest BCUT2D eigenvalue weighted by molar-refractivity contribution is 6.15. The molecule has 0 amide bonds. The average Bonchev–Trinajstić information content (AvgIpc) is 3.82. The van der Waals surface area contributed by atoms with Gasteiger partial charge in [0.15, 0.2) is 0 Å². The Morgan fingerprint density at radius 1 is 0.649 bits per heavy atom. The van der Waals surface area contributed by atoms with Gasteiger partial charge in [0, 0.05) is 53.7 Å². The molecule has 0 N–H and O–H groups in total. The number of pyridine rings is 1. The van der Waals surface area contributed by atoms with Crippen molar-refractivity contribution >= 4 is 27.3 Å². The first kappa shape index (κ1) is 31.4. The Morgan fingerprint density at radius 3 is 2.16 bits per heavy atom. The van der Waals surface area contributed by atoms with Crippen molar-refractivity contribution in [1.82, 2.24) is 19.2 Å². The summed E-state index contributed by atoms with van der Waals surface area (Å²) in [7, 11) is 0. The Morgan fingerprint density at radius 2 is 1.37 bits per heavy atom. The van der Waals surface area contributed by atoms with Crippen LogP contribution in [0.5, 0.6) is 11.5 Å². The number of imidazole rings is 1. The highest BCUT2D eigenvalue weighted by Crippen LogP contribution is 2.61. The van der Waals surface area contributed by atoms with Crippen LogP contribution in [-0.4, -0.2) is 19.2 Å².